The molecule has 0 spiro atoms. The third-order valence-corrected chi connectivity index (χ3v) is 4.93. The van der Waals surface area contributed by atoms with Crippen molar-refractivity contribution in [2.75, 3.05) is 20.8 Å². The van der Waals surface area contributed by atoms with Crippen LogP contribution in [-0.4, -0.2) is 29.2 Å². The van der Waals surface area contributed by atoms with E-state index in [9.17, 15) is 8.42 Å². The topological polar surface area (TPSA) is 64.6 Å². The van der Waals surface area contributed by atoms with Crippen molar-refractivity contribution in [3.8, 4) is 5.75 Å². The van der Waals surface area contributed by atoms with Crippen LogP contribution in [0.1, 0.15) is 17.2 Å². The SMILES string of the molecule is COc1cccc(C(CNS(=O)(=O)c2cccc(C)c2)OC)c1. The zero-order valence-corrected chi connectivity index (χ0v) is 14.3. The zero-order chi connectivity index (χ0) is 16.9. The molecular formula is C17H21NO4S. The maximum Gasteiger partial charge on any atom is 0.240 e. The minimum absolute atomic E-state index is 0.139. The Morgan fingerprint density at radius 3 is 2.48 bits per heavy atom. The van der Waals surface area contributed by atoms with Crippen LogP contribution in [0.25, 0.3) is 0 Å². The first kappa shape index (κ1) is 17.5. The minimum atomic E-state index is -3.57. The Hall–Kier alpha value is -1.89. The monoisotopic (exact) mass is 335 g/mol. The second kappa shape index (κ2) is 7.59. The van der Waals surface area contributed by atoms with Gasteiger partial charge in [-0.2, -0.15) is 0 Å². The number of aryl methyl sites for hydroxylation is 1. The lowest BCUT2D eigenvalue weighted by atomic mass is 10.1. The van der Waals surface area contributed by atoms with Gasteiger partial charge in [-0.05, 0) is 42.3 Å². The van der Waals surface area contributed by atoms with Crippen LogP contribution in [-0.2, 0) is 14.8 Å². The molecule has 0 fully saturated rings. The van der Waals surface area contributed by atoms with E-state index in [-0.39, 0.29) is 11.4 Å². The molecule has 2 aromatic carbocycles. The van der Waals surface area contributed by atoms with Crippen molar-refractivity contribution in [2.45, 2.75) is 17.9 Å². The summed E-state index contributed by atoms with van der Waals surface area (Å²) in [5.41, 5.74) is 1.74. The highest BCUT2D eigenvalue weighted by atomic mass is 32.2. The summed E-state index contributed by atoms with van der Waals surface area (Å²) in [5.74, 6) is 0.700. The Labute approximate surface area is 137 Å². The Bertz CT molecular complexity index is 759. The largest absolute Gasteiger partial charge is 0.497 e. The van der Waals surface area contributed by atoms with Crippen molar-refractivity contribution in [2.24, 2.45) is 0 Å². The van der Waals surface area contributed by atoms with Crippen molar-refractivity contribution in [3.63, 3.8) is 0 Å². The van der Waals surface area contributed by atoms with Gasteiger partial charge in [0.15, 0.2) is 0 Å². The third kappa shape index (κ3) is 4.54. The van der Waals surface area contributed by atoms with Gasteiger partial charge in [-0.1, -0.05) is 24.3 Å². The standard InChI is InChI=1S/C17H21NO4S/c1-13-6-4-9-16(10-13)23(19,20)18-12-17(22-3)14-7-5-8-15(11-14)21-2/h4-11,17-18H,12H2,1-3H3. The van der Waals surface area contributed by atoms with E-state index in [4.69, 9.17) is 9.47 Å². The lowest BCUT2D eigenvalue weighted by Crippen LogP contribution is -2.29. The van der Waals surface area contributed by atoms with Crippen LogP contribution < -0.4 is 9.46 Å². The quantitative estimate of drug-likeness (QED) is 0.845. The highest BCUT2D eigenvalue weighted by Crippen LogP contribution is 2.21. The molecule has 0 bridgehead atoms. The first-order chi connectivity index (χ1) is 11.0. The first-order valence-corrected chi connectivity index (χ1v) is 8.67. The van der Waals surface area contributed by atoms with E-state index in [0.717, 1.165) is 11.1 Å². The fourth-order valence-electron chi connectivity index (χ4n) is 2.23. The molecule has 1 atom stereocenters. The van der Waals surface area contributed by atoms with Crippen LogP contribution in [0.2, 0.25) is 0 Å². The predicted octanol–water partition coefficient (Wildman–Crippen LogP) is 2.67. The van der Waals surface area contributed by atoms with Crippen LogP contribution >= 0.6 is 0 Å². The predicted molar refractivity (Wildman–Crippen MR) is 89.1 cm³/mol. The van der Waals surface area contributed by atoms with Crippen molar-refractivity contribution >= 4 is 10.0 Å². The van der Waals surface area contributed by atoms with Gasteiger partial charge in [0.2, 0.25) is 10.0 Å². The first-order valence-electron chi connectivity index (χ1n) is 7.19. The van der Waals surface area contributed by atoms with Crippen LogP contribution in [0.4, 0.5) is 0 Å². The summed E-state index contributed by atoms with van der Waals surface area (Å²) in [7, 11) is -0.441. The maximum absolute atomic E-state index is 12.4. The molecule has 2 rings (SSSR count). The van der Waals surface area contributed by atoms with Gasteiger partial charge in [0.1, 0.15) is 5.75 Å². The number of ether oxygens (including phenoxy) is 2. The van der Waals surface area contributed by atoms with Gasteiger partial charge in [0, 0.05) is 13.7 Å². The molecule has 23 heavy (non-hydrogen) atoms. The summed E-state index contributed by atoms with van der Waals surface area (Å²) >= 11 is 0. The molecule has 2 aromatic rings. The fourth-order valence-corrected chi connectivity index (χ4v) is 3.37. The Balaban J connectivity index is 2.13. The molecular weight excluding hydrogens is 314 g/mol. The van der Waals surface area contributed by atoms with Crippen LogP contribution in [0.15, 0.2) is 53.4 Å². The molecule has 0 saturated heterocycles. The van der Waals surface area contributed by atoms with E-state index < -0.39 is 16.1 Å². The molecule has 124 valence electrons. The second-order valence-electron chi connectivity index (χ2n) is 5.17. The van der Waals surface area contributed by atoms with Gasteiger partial charge >= 0.3 is 0 Å². The summed E-state index contributed by atoms with van der Waals surface area (Å²) in [6, 6.07) is 14.2. The summed E-state index contributed by atoms with van der Waals surface area (Å²) in [6.45, 7) is 1.99. The van der Waals surface area contributed by atoms with E-state index in [0.29, 0.717) is 5.75 Å². The minimum Gasteiger partial charge on any atom is -0.497 e. The molecule has 6 heteroatoms. The average Bonchev–Trinajstić information content (AvgIpc) is 2.55. The second-order valence-corrected chi connectivity index (χ2v) is 6.94. The van der Waals surface area contributed by atoms with Crippen LogP contribution in [0.3, 0.4) is 0 Å². The smallest absolute Gasteiger partial charge is 0.240 e. The van der Waals surface area contributed by atoms with Crippen molar-refractivity contribution < 1.29 is 17.9 Å². The normalized spacial score (nSPS) is 12.8. The van der Waals surface area contributed by atoms with Crippen LogP contribution in [0, 0.1) is 6.92 Å². The molecule has 5 nitrogen and oxygen atoms in total. The Kier molecular flexibility index (Phi) is 5.76. The average molecular weight is 335 g/mol. The number of nitrogens with one attached hydrogen (secondary N) is 1. The molecule has 0 aliphatic rings. The van der Waals surface area contributed by atoms with E-state index in [1.165, 1.54) is 0 Å². The molecule has 0 saturated carbocycles. The maximum atomic E-state index is 12.4. The van der Waals surface area contributed by atoms with Crippen molar-refractivity contribution in [3.05, 3.63) is 59.7 Å². The molecule has 0 aromatic heterocycles. The molecule has 0 radical (unpaired) electrons. The van der Waals surface area contributed by atoms with E-state index in [1.807, 2.05) is 37.3 Å². The number of rotatable bonds is 7. The summed E-state index contributed by atoms with van der Waals surface area (Å²) in [4.78, 5) is 0.248. The lowest BCUT2D eigenvalue weighted by Gasteiger charge is -2.17. The number of methoxy groups -OCH3 is 2. The van der Waals surface area contributed by atoms with Gasteiger partial charge in [-0.25, -0.2) is 13.1 Å². The van der Waals surface area contributed by atoms with Gasteiger partial charge in [-0.15, -0.1) is 0 Å². The zero-order valence-electron chi connectivity index (χ0n) is 13.4. The summed E-state index contributed by atoms with van der Waals surface area (Å²) in [5, 5.41) is 0. The van der Waals surface area contributed by atoms with Crippen molar-refractivity contribution in [1.29, 1.82) is 0 Å². The molecule has 1 unspecified atom stereocenters. The summed E-state index contributed by atoms with van der Waals surface area (Å²) < 4.78 is 37.9. The Morgan fingerprint density at radius 2 is 1.83 bits per heavy atom. The number of sulfonamides is 1. The molecule has 0 aliphatic carbocycles. The van der Waals surface area contributed by atoms with E-state index in [1.54, 1.807) is 32.4 Å². The van der Waals surface area contributed by atoms with Crippen molar-refractivity contribution in [1.82, 2.24) is 4.72 Å². The molecule has 1 N–H and O–H groups in total. The summed E-state index contributed by atoms with van der Waals surface area (Å²) in [6.07, 6.45) is -0.398. The van der Waals surface area contributed by atoms with Gasteiger partial charge in [0.05, 0.1) is 18.1 Å². The lowest BCUT2D eigenvalue weighted by molar-refractivity contribution is 0.107. The molecule has 0 amide bonds. The fraction of sp³-hybridized carbons (Fsp3) is 0.294. The third-order valence-electron chi connectivity index (χ3n) is 3.51. The number of hydrogen-bond acceptors (Lipinski definition) is 4. The highest BCUT2D eigenvalue weighted by molar-refractivity contribution is 7.89. The highest BCUT2D eigenvalue weighted by Gasteiger charge is 2.18. The molecule has 0 aliphatic heterocycles. The number of hydrogen-bond donors (Lipinski definition) is 1. The van der Waals surface area contributed by atoms with E-state index >= 15 is 0 Å². The number of benzene rings is 2. The Morgan fingerprint density at radius 1 is 1.09 bits per heavy atom. The van der Waals surface area contributed by atoms with E-state index in [2.05, 4.69) is 4.72 Å². The van der Waals surface area contributed by atoms with Gasteiger partial charge in [0.25, 0.3) is 0 Å². The van der Waals surface area contributed by atoms with Gasteiger partial charge < -0.3 is 9.47 Å². The van der Waals surface area contributed by atoms with Crippen LogP contribution in [0.5, 0.6) is 5.75 Å². The van der Waals surface area contributed by atoms with Gasteiger partial charge in [-0.3, -0.25) is 0 Å². The molecule has 0 heterocycles.